The molecule has 0 aromatic rings. The first-order valence-electron chi connectivity index (χ1n) is 5.83. The molecule has 0 amide bonds. The minimum atomic E-state index is -0.250. The fourth-order valence-corrected chi connectivity index (χ4v) is 1.92. The zero-order chi connectivity index (χ0) is 11.1. The van der Waals surface area contributed by atoms with Gasteiger partial charge in [0, 0.05) is 0 Å². The van der Waals surface area contributed by atoms with E-state index >= 15 is 0 Å². The molecular weight excluding hydrogens is 188 g/mol. The third-order valence-electron chi connectivity index (χ3n) is 2.83. The summed E-state index contributed by atoms with van der Waals surface area (Å²) in [6.07, 6.45) is 8.42. The van der Waals surface area contributed by atoms with Crippen molar-refractivity contribution in [2.45, 2.75) is 46.0 Å². The SMILES string of the molecule is CCOC(=O)C(C)=C=CCC1CCCC1. The van der Waals surface area contributed by atoms with Gasteiger partial charge >= 0.3 is 5.97 Å². The van der Waals surface area contributed by atoms with Crippen LogP contribution in [0.25, 0.3) is 0 Å². The summed E-state index contributed by atoms with van der Waals surface area (Å²) in [5, 5.41) is 0. The van der Waals surface area contributed by atoms with Gasteiger partial charge in [0.1, 0.15) is 0 Å². The van der Waals surface area contributed by atoms with Gasteiger partial charge in [0.2, 0.25) is 0 Å². The second-order valence-electron chi connectivity index (χ2n) is 4.08. The van der Waals surface area contributed by atoms with E-state index in [2.05, 4.69) is 5.73 Å². The number of carbonyl (C=O) groups excluding carboxylic acids is 1. The van der Waals surface area contributed by atoms with Crippen LogP contribution in [0.1, 0.15) is 46.0 Å². The van der Waals surface area contributed by atoms with Gasteiger partial charge in [-0.3, -0.25) is 0 Å². The highest BCUT2D eigenvalue weighted by atomic mass is 16.5. The van der Waals surface area contributed by atoms with Crippen molar-refractivity contribution in [3.63, 3.8) is 0 Å². The highest BCUT2D eigenvalue weighted by molar-refractivity contribution is 5.87. The van der Waals surface area contributed by atoms with Gasteiger partial charge in [-0.15, -0.1) is 5.73 Å². The van der Waals surface area contributed by atoms with Crippen LogP contribution in [-0.2, 0) is 9.53 Å². The molecule has 0 aromatic carbocycles. The first-order valence-corrected chi connectivity index (χ1v) is 5.83. The van der Waals surface area contributed by atoms with Crippen LogP contribution in [0, 0.1) is 5.92 Å². The smallest absolute Gasteiger partial charge is 0.341 e. The lowest BCUT2D eigenvalue weighted by Crippen LogP contribution is -2.04. The van der Waals surface area contributed by atoms with Crippen LogP contribution in [0.5, 0.6) is 0 Å². The Morgan fingerprint density at radius 2 is 2.13 bits per heavy atom. The Bertz CT molecular complexity index is 266. The molecule has 0 bridgehead atoms. The maximum Gasteiger partial charge on any atom is 0.341 e. The Morgan fingerprint density at radius 1 is 1.47 bits per heavy atom. The minimum absolute atomic E-state index is 0.250. The molecule has 1 aliphatic carbocycles. The average Bonchev–Trinajstić information content (AvgIpc) is 2.71. The first-order chi connectivity index (χ1) is 7.24. The highest BCUT2D eigenvalue weighted by Crippen LogP contribution is 2.27. The molecule has 0 aliphatic heterocycles. The molecule has 0 spiro atoms. The molecule has 0 N–H and O–H groups in total. The summed E-state index contributed by atoms with van der Waals surface area (Å²) in [4.78, 5) is 11.2. The van der Waals surface area contributed by atoms with Gasteiger partial charge in [-0.25, -0.2) is 4.79 Å². The van der Waals surface area contributed by atoms with Crippen molar-refractivity contribution in [3.8, 4) is 0 Å². The summed E-state index contributed by atoms with van der Waals surface area (Å²) < 4.78 is 4.87. The lowest BCUT2D eigenvalue weighted by Gasteiger charge is -2.02. The molecular formula is C13H20O2. The Balaban J connectivity index is 2.38. The van der Waals surface area contributed by atoms with Crippen molar-refractivity contribution in [2.24, 2.45) is 5.92 Å². The number of ether oxygens (including phenoxy) is 1. The van der Waals surface area contributed by atoms with Gasteiger partial charge in [0.15, 0.2) is 0 Å². The molecule has 0 radical (unpaired) electrons. The molecule has 1 aliphatic rings. The average molecular weight is 208 g/mol. The number of carbonyl (C=O) groups is 1. The number of esters is 1. The van der Waals surface area contributed by atoms with Crippen LogP contribution in [0.4, 0.5) is 0 Å². The molecule has 0 saturated heterocycles. The summed E-state index contributed by atoms with van der Waals surface area (Å²) in [6.45, 7) is 4.00. The quantitative estimate of drug-likeness (QED) is 0.403. The number of hydrogen-bond donors (Lipinski definition) is 0. The van der Waals surface area contributed by atoms with E-state index in [-0.39, 0.29) is 5.97 Å². The molecule has 1 fully saturated rings. The van der Waals surface area contributed by atoms with Gasteiger partial charge in [-0.2, -0.15) is 0 Å². The van der Waals surface area contributed by atoms with E-state index in [9.17, 15) is 4.79 Å². The maximum absolute atomic E-state index is 11.2. The van der Waals surface area contributed by atoms with E-state index < -0.39 is 0 Å². The van der Waals surface area contributed by atoms with Gasteiger partial charge in [0.05, 0.1) is 12.2 Å². The Labute approximate surface area is 92.0 Å². The van der Waals surface area contributed by atoms with Crippen LogP contribution in [-0.4, -0.2) is 12.6 Å². The lowest BCUT2D eigenvalue weighted by molar-refractivity contribution is -0.138. The molecule has 1 rings (SSSR count). The normalized spacial score (nSPS) is 15.9. The van der Waals surface area contributed by atoms with Gasteiger partial charge in [-0.05, 0) is 32.3 Å². The topological polar surface area (TPSA) is 26.3 Å². The summed E-state index contributed by atoms with van der Waals surface area (Å²) in [6, 6.07) is 0. The molecule has 0 aromatic heterocycles. The summed E-state index contributed by atoms with van der Waals surface area (Å²) in [7, 11) is 0. The van der Waals surface area contributed by atoms with E-state index in [4.69, 9.17) is 4.74 Å². The molecule has 0 unspecified atom stereocenters. The molecule has 2 nitrogen and oxygen atoms in total. The van der Waals surface area contributed by atoms with E-state index in [1.807, 2.05) is 13.0 Å². The summed E-state index contributed by atoms with van der Waals surface area (Å²) in [5.41, 5.74) is 3.59. The predicted octanol–water partition coefficient (Wildman–Crippen LogP) is 3.23. The fraction of sp³-hybridized carbons (Fsp3) is 0.692. The maximum atomic E-state index is 11.2. The summed E-state index contributed by atoms with van der Waals surface area (Å²) in [5.74, 6) is 0.563. The number of hydrogen-bond acceptors (Lipinski definition) is 2. The van der Waals surface area contributed by atoms with E-state index in [1.54, 1.807) is 6.92 Å². The van der Waals surface area contributed by atoms with Gasteiger partial charge in [-0.1, -0.05) is 25.7 Å². The minimum Gasteiger partial charge on any atom is -0.462 e. The Morgan fingerprint density at radius 3 is 2.73 bits per heavy atom. The van der Waals surface area contributed by atoms with Crippen LogP contribution in [0.2, 0.25) is 0 Å². The Hall–Kier alpha value is -1.01. The third kappa shape index (κ3) is 4.35. The third-order valence-corrected chi connectivity index (χ3v) is 2.83. The fourth-order valence-electron chi connectivity index (χ4n) is 1.92. The highest BCUT2D eigenvalue weighted by Gasteiger charge is 2.12. The van der Waals surface area contributed by atoms with E-state index in [0.29, 0.717) is 12.2 Å². The second-order valence-corrected chi connectivity index (χ2v) is 4.08. The van der Waals surface area contributed by atoms with Crippen LogP contribution in [0.15, 0.2) is 17.4 Å². The van der Waals surface area contributed by atoms with Crippen molar-refractivity contribution >= 4 is 5.97 Å². The predicted molar refractivity (Wildman–Crippen MR) is 60.5 cm³/mol. The number of rotatable bonds is 4. The van der Waals surface area contributed by atoms with Crippen molar-refractivity contribution in [1.82, 2.24) is 0 Å². The van der Waals surface area contributed by atoms with Crippen molar-refractivity contribution < 1.29 is 9.53 Å². The molecule has 2 heteroatoms. The summed E-state index contributed by atoms with van der Waals surface area (Å²) >= 11 is 0. The molecule has 0 atom stereocenters. The van der Waals surface area contributed by atoms with Crippen molar-refractivity contribution in [2.75, 3.05) is 6.61 Å². The second kappa shape index (κ2) is 6.47. The van der Waals surface area contributed by atoms with E-state index in [0.717, 1.165) is 12.3 Å². The lowest BCUT2D eigenvalue weighted by atomic mass is 10.0. The van der Waals surface area contributed by atoms with Crippen molar-refractivity contribution in [3.05, 3.63) is 17.4 Å². The zero-order valence-corrected chi connectivity index (χ0v) is 9.71. The standard InChI is InChI=1S/C13H20O2/c1-3-15-13(14)11(2)7-6-10-12-8-4-5-9-12/h6,12H,3-5,8-10H2,1-2H3. The van der Waals surface area contributed by atoms with Gasteiger partial charge < -0.3 is 4.74 Å². The van der Waals surface area contributed by atoms with Crippen molar-refractivity contribution in [1.29, 1.82) is 0 Å². The van der Waals surface area contributed by atoms with Crippen LogP contribution >= 0.6 is 0 Å². The molecule has 84 valence electrons. The largest absolute Gasteiger partial charge is 0.462 e. The van der Waals surface area contributed by atoms with Crippen LogP contribution in [0.3, 0.4) is 0 Å². The Kier molecular flexibility index (Phi) is 5.20. The molecule has 0 heterocycles. The van der Waals surface area contributed by atoms with Crippen LogP contribution < -0.4 is 0 Å². The monoisotopic (exact) mass is 208 g/mol. The molecule has 15 heavy (non-hydrogen) atoms. The van der Waals surface area contributed by atoms with Gasteiger partial charge in [0.25, 0.3) is 0 Å². The first kappa shape index (κ1) is 12.1. The van der Waals surface area contributed by atoms with E-state index in [1.165, 1.54) is 25.7 Å². The molecule has 1 saturated carbocycles. The zero-order valence-electron chi connectivity index (χ0n) is 9.71.